The molecule has 7 heteroatoms. The van der Waals surface area contributed by atoms with Gasteiger partial charge in [0.25, 0.3) is 5.24 Å². The number of alkyl halides is 4. The number of hydrogen-bond acceptors (Lipinski definition) is 2. The third-order valence-corrected chi connectivity index (χ3v) is 2.23. The Balaban J connectivity index is 3.23. The van der Waals surface area contributed by atoms with Crippen molar-refractivity contribution in [1.29, 1.82) is 0 Å². The fourth-order valence-corrected chi connectivity index (χ4v) is 1.45. The Morgan fingerprint density at radius 3 is 2.50 bits per heavy atom. The van der Waals surface area contributed by atoms with Gasteiger partial charge in [-0.1, -0.05) is 0 Å². The van der Waals surface area contributed by atoms with Gasteiger partial charge in [0.1, 0.15) is 0 Å². The van der Waals surface area contributed by atoms with E-state index in [0.29, 0.717) is 12.3 Å². The van der Waals surface area contributed by atoms with Crippen molar-refractivity contribution in [2.24, 2.45) is 0 Å². The standard InChI is InChI=1S/C9H6Cl2F3NO/c10-2-1-7-6(8(11)16)3-5(4-15-7)9(12,13)14/h3-4H,1-2H2. The highest BCUT2D eigenvalue weighted by Gasteiger charge is 2.32. The van der Waals surface area contributed by atoms with Crippen molar-refractivity contribution < 1.29 is 18.0 Å². The van der Waals surface area contributed by atoms with E-state index in [-0.39, 0.29) is 23.6 Å². The molecule has 0 saturated carbocycles. The average Bonchev–Trinajstić information content (AvgIpc) is 2.16. The number of carbonyl (C=O) groups is 1. The minimum absolute atomic E-state index is 0.148. The number of carbonyl (C=O) groups excluding carboxylic acids is 1. The number of nitrogens with zero attached hydrogens (tertiary/aromatic N) is 1. The van der Waals surface area contributed by atoms with Gasteiger partial charge < -0.3 is 0 Å². The number of rotatable bonds is 3. The molecule has 16 heavy (non-hydrogen) atoms. The molecule has 0 atom stereocenters. The SMILES string of the molecule is O=C(Cl)c1cc(C(F)(F)F)cnc1CCCl. The first-order valence-electron chi connectivity index (χ1n) is 4.18. The lowest BCUT2D eigenvalue weighted by atomic mass is 10.1. The molecule has 0 fully saturated rings. The molecule has 1 aromatic rings. The number of halogens is 5. The largest absolute Gasteiger partial charge is 0.417 e. The summed E-state index contributed by atoms with van der Waals surface area (Å²) in [4.78, 5) is 14.5. The molecule has 1 aromatic heterocycles. The second-order valence-electron chi connectivity index (χ2n) is 2.93. The van der Waals surface area contributed by atoms with Crippen LogP contribution in [0.5, 0.6) is 0 Å². The first-order valence-corrected chi connectivity index (χ1v) is 5.09. The van der Waals surface area contributed by atoms with Gasteiger partial charge in [0, 0.05) is 18.5 Å². The van der Waals surface area contributed by atoms with Gasteiger partial charge >= 0.3 is 6.18 Å². The zero-order chi connectivity index (χ0) is 12.3. The number of hydrogen-bond donors (Lipinski definition) is 0. The van der Waals surface area contributed by atoms with E-state index in [0.717, 1.165) is 0 Å². The maximum atomic E-state index is 12.3. The average molecular weight is 272 g/mol. The summed E-state index contributed by atoms with van der Waals surface area (Å²) < 4.78 is 37.0. The summed E-state index contributed by atoms with van der Waals surface area (Å²) in [5, 5.41) is -0.973. The molecule has 0 aliphatic rings. The maximum Gasteiger partial charge on any atom is 0.417 e. The Morgan fingerprint density at radius 1 is 1.44 bits per heavy atom. The molecule has 0 unspecified atom stereocenters. The van der Waals surface area contributed by atoms with Crippen LogP contribution in [-0.4, -0.2) is 16.1 Å². The lowest BCUT2D eigenvalue weighted by Gasteiger charge is -2.09. The second kappa shape index (κ2) is 5.01. The van der Waals surface area contributed by atoms with E-state index in [1.807, 2.05) is 0 Å². The summed E-state index contributed by atoms with van der Waals surface area (Å²) in [6.45, 7) is 0. The Bertz CT molecular complexity index is 406. The molecule has 0 aliphatic heterocycles. The van der Waals surface area contributed by atoms with Crippen LogP contribution in [0.1, 0.15) is 21.6 Å². The molecular weight excluding hydrogens is 266 g/mol. The molecule has 0 spiro atoms. The number of aromatic nitrogens is 1. The summed E-state index contributed by atoms with van der Waals surface area (Å²) in [6, 6.07) is 0.685. The van der Waals surface area contributed by atoms with Crippen molar-refractivity contribution in [3.05, 3.63) is 29.1 Å². The van der Waals surface area contributed by atoms with Gasteiger partial charge in [-0.25, -0.2) is 0 Å². The van der Waals surface area contributed by atoms with E-state index < -0.39 is 17.0 Å². The molecule has 88 valence electrons. The van der Waals surface area contributed by atoms with Gasteiger partial charge in [-0.05, 0) is 17.7 Å². The van der Waals surface area contributed by atoms with Crippen molar-refractivity contribution >= 4 is 28.4 Å². The van der Waals surface area contributed by atoms with Crippen LogP contribution in [0.2, 0.25) is 0 Å². The van der Waals surface area contributed by atoms with Gasteiger partial charge in [0.15, 0.2) is 0 Å². The first kappa shape index (κ1) is 13.3. The number of aryl methyl sites for hydroxylation is 1. The van der Waals surface area contributed by atoms with Crippen LogP contribution in [0.4, 0.5) is 13.2 Å². The highest BCUT2D eigenvalue weighted by Crippen LogP contribution is 2.30. The van der Waals surface area contributed by atoms with Crippen LogP contribution >= 0.6 is 23.2 Å². The van der Waals surface area contributed by atoms with Crippen LogP contribution in [0.15, 0.2) is 12.3 Å². The van der Waals surface area contributed by atoms with Crippen LogP contribution < -0.4 is 0 Å². The third-order valence-electron chi connectivity index (χ3n) is 1.84. The lowest BCUT2D eigenvalue weighted by Crippen LogP contribution is -2.10. The predicted molar refractivity (Wildman–Crippen MR) is 53.8 cm³/mol. The van der Waals surface area contributed by atoms with E-state index in [9.17, 15) is 18.0 Å². The predicted octanol–water partition coefficient (Wildman–Crippen LogP) is 3.26. The van der Waals surface area contributed by atoms with Gasteiger partial charge in [-0.15, -0.1) is 11.6 Å². The highest BCUT2D eigenvalue weighted by atomic mass is 35.5. The van der Waals surface area contributed by atoms with Crippen molar-refractivity contribution in [2.45, 2.75) is 12.6 Å². The molecule has 2 nitrogen and oxygen atoms in total. The van der Waals surface area contributed by atoms with E-state index in [4.69, 9.17) is 23.2 Å². The van der Waals surface area contributed by atoms with Crippen molar-refractivity contribution in [2.75, 3.05) is 5.88 Å². The first-order chi connectivity index (χ1) is 7.36. The molecule has 0 aliphatic carbocycles. The Kier molecular flexibility index (Phi) is 4.15. The fraction of sp³-hybridized carbons (Fsp3) is 0.333. The Labute approximate surface area is 99.4 Å². The van der Waals surface area contributed by atoms with Crippen LogP contribution in [0, 0.1) is 0 Å². The minimum Gasteiger partial charge on any atom is -0.276 e. The smallest absolute Gasteiger partial charge is 0.276 e. The Morgan fingerprint density at radius 2 is 2.06 bits per heavy atom. The molecule has 0 amide bonds. The Hall–Kier alpha value is -0.810. The van der Waals surface area contributed by atoms with Crippen molar-refractivity contribution in [3.63, 3.8) is 0 Å². The van der Waals surface area contributed by atoms with Crippen LogP contribution in [0.25, 0.3) is 0 Å². The third kappa shape index (κ3) is 3.09. The lowest BCUT2D eigenvalue weighted by molar-refractivity contribution is -0.137. The normalized spacial score (nSPS) is 11.6. The fourth-order valence-electron chi connectivity index (χ4n) is 1.11. The number of pyridine rings is 1. The zero-order valence-corrected chi connectivity index (χ0v) is 9.33. The molecule has 1 rings (SSSR count). The summed E-state index contributed by atoms with van der Waals surface area (Å²) in [6.07, 6.45) is -3.70. The van der Waals surface area contributed by atoms with Crippen LogP contribution in [-0.2, 0) is 12.6 Å². The van der Waals surface area contributed by atoms with E-state index in [1.165, 1.54) is 0 Å². The summed E-state index contributed by atoms with van der Waals surface area (Å²) in [7, 11) is 0. The quantitative estimate of drug-likeness (QED) is 0.624. The molecular formula is C9H6Cl2F3NO. The monoisotopic (exact) mass is 271 g/mol. The summed E-state index contributed by atoms with van der Waals surface area (Å²) in [5.41, 5.74) is -1.09. The molecule has 0 bridgehead atoms. The molecule has 1 heterocycles. The molecule has 0 N–H and O–H groups in total. The summed E-state index contributed by atoms with van der Waals surface area (Å²) in [5.74, 6) is 0.148. The van der Waals surface area contributed by atoms with Crippen molar-refractivity contribution in [1.82, 2.24) is 4.98 Å². The molecule has 0 radical (unpaired) electrons. The summed E-state index contributed by atoms with van der Waals surface area (Å²) >= 11 is 10.6. The minimum atomic E-state index is -4.55. The topological polar surface area (TPSA) is 30.0 Å². The zero-order valence-electron chi connectivity index (χ0n) is 7.81. The van der Waals surface area contributed by atoms with E-state index >= 15 is 0 Å². The second-order valence-corrected chi connectivity index (χ2v) is 3.65. The van der Waals surface area contributed by atoms with E-state index in [1.54, 1.807) is 0 Å². The maximum absolute atomic E-state index is 12.3. The van der Waals surface area contributed by atoms with Crippen LogP contribution in [0.3, 0.4) is 0 Å². The van der Waals surface area contributed by atoms with Gasteiger partial charge in [-0.3, -0.25) is 9.78 Å². The van der Waals surface area contributed by atoms with E-state index in [2.05, 4.69) is 4.98 Å². The molecule has 0 aromatic carbocycles. The van der Waals surface area contributed by atoms with Crippen molar-refractivity contribution in [3.8, 4) is 0 Å². The van der Waals surface area contributed by atoms with Gasteiger partial charge in [0.05, 0.1) is 16.8 Å². The van der Waals surface area contributed by atoms with Gasteiger partial charge in [0.2, 0.25) is 0 Å². The molecule has 0 saturated heterocycles. The highest BCUT2D eigenvalue weighted by molar-refractivity contribution is 6.67. The van der Waals surface area contributed by atoms with Gasteiger partial charge in [-0.2, -0.15) is 13.2 Å².